The van der Waals surface area contributed by atoms with Crippen LogP contribution in [0, 0.1) is 0 Å². The first-order valence-electron chi connectivity index (χ1n) is 6.76. The number of anilines is 1. The second-order valence-corrected chi connectivity index (χ2v) is 4.57. The molecule has 0 aliphatic carbocycles. The Kier molecular flexibility index (Phi) is 4.47. The fourth-order valence-electron chi connectivity index (χ4n) is 2.28. The predicted molar refractivity (Wildman–Crippen MR) is 79.1 cm³/mol. The summed E-state index contributed by atoms with van der Waals surface area (Å²) in [5, 5.41) is 9.20. The monoisotopic (exact) mass is 290 g/mol. The summed E-state index contributed by atoms with van der Waals surface area (Å²) in [7, 11) is 0. The van der Waals surface area contributed by atoms with Crippen LogP contribution in [-0.4, -0.2) is 48.2 Å². The number of hydrogen-bond acceptors (Lipinski definition) is 3. The van der Waals surface area contributed by atoms with Gasteiger partial charge in [-0.05, 0) is 19.1 Å². The fourth-order valence-corrected chi connectivity index (χ4v) is 2.28. The number of nitrogens with zero attached hydrogens (tertiary/aromatic N) is 2. The van der Waals surface area contributed by atoms with Crippen molar-refractivity contribution < 1.29 is 19.4 Å². The average molecular weight is 290 g/mol. The van der Waals surface area contributed by atoms with E-state index in [1.807, 2.05) is 6.92 Å². The molecule has 112 valence electrons. The van der Waals surface area contributed by atoms with E-state index in [0.29, 0.717) is 25.3 Å². The molecule has 6 nitrogen and oxygen atoms in total. The van der Waals surface area contributed by atoms with E-state index in [9.17, 15) is 14.7 Å². The first-order chi connectivity index (χ1) is 10.1. The quantitative estimate of drug-likeness (QED) is 0.863. The van der Waals surface area contributed by atoms with E-state index in [-0.39, 0.29) is 24.0 Å². The van der Waals surface area contributed by atoms with Crippen LogP contribution >= 0.6 is 0 Å². The molecule has 1 aliphatic rings. The maximum Gasteiger partial charge on any atom is 0.339 e. The van der Waals surface area contributed by atoms with Crippen LogP contribution in [0.2, 0.25) is 0 Å². The number of carboxylic acid groups (broad SMARTS) is 1. The molecule has 0 spiro atoms. The topological polar surface area (TPSA) is 70.1 Å². The molecule has 0 saturated carbocycles. The van der Waals surface area contributed by atoms with Gasteiger partial charge in [0.05, 0.1) is 12.2 Å². The number of carbonyl (C=O) groups excluding carboxylic acids is 1. The Bertz CT molecular complexity index is 571. The molecule has 0 atom stereocenters. The van der Waals surface area contributed by atoms with E-state index in [1.54, 1.807) is 28.0 Å². The number of likely N-dealkylation sites (N-methyl/N-ethyl adjacent to an activating group) is 1. The molecule has 1 aromatic carbocycles. The highest BCUT2D eigenvalue weighted by molar-refractivity contribution is 5.99. The van der Waals surface area contributed by atoms with Crippen LogP contribution in [0.15, 0.2) is 30.9 Å². The van der Waals surface area contributed by atoms with Gasteiger partial charge in [-0.1, -0.05) is 12.1 Å². The molecular weight excluding hydrogens is 272 g/mol. The van der Waals surface area contributed by atoms with Crippen molar-refractivity contribution in [2.75, 3.05) is 31.1 Å². The Balaban J connectivity index is 2.38. The maximum absolute atomic E-state index is 12.6. The Labute approximate surface area is 123 Å². The Hall–Kier alpha value is -2.50. The first kappa shape index (κ1) is 14.9. The van der Waals surface area contributed by atoms with E-state index in [2.05, 4.69) is 6.58 Å². The van der Waals surface area contributed by atoms with E-state index < -0.39 is 5.97 Å². The van der Waals surface area contributed by atoms with E-state index in [1.165, 1.54) is 6.07 Å². The van der Waals surface area contributed by atoms with Gasteiger partial charge >= 0.3 is 12.0 Å². The summed E-state index contributed by atoms with van der Waals surface area (Å²) in [4.78, 5) is 27.0. The summed E-state index contributed by atoms with van der Waals surface area (Å²) in [5.74, 6) is -0.821. The molecule has 2 amide bonds. The summed E-state index contributed by atoms with van der Waals surface area (Å²) >= 11 is 0. The highest BCUT2D eigenvalue weighted by Gasteiger charge is 2.29. The third kappa shape index (κ3) is 2.84. The third-order valence-corrected chi connectivity index (χ3v) is 3.31. The van der Waals surface area contributed by atoms with Crippen LogP contribution in [0.4, 0.5) is 10.5 Å². The number of benzene rings is 1. The zero-order valence-electron chi connectivity index (χ0n) is 11.9. The molecule has 0 saturated heterocycles. The van der Waals surface area contributed by atoms with E-state index in [4.69, 9.17) is 4.74 Å². The number of hydrogen-bond donors (Lipinski definition) is 1. The first-order valence-corrected chi connectivity index (χ1v) is 6.76. The molecule has 1 N–H and O–H groups in total. The molecule has 0 unspecified atom stereocenters. The van der Waals surface area contributed by atoms with Gasteiger partial charge in [0.2, 0.25) is 0 Å². The van der Waals surface area contributed by atoms with Crippen LogP contribution in [0.5, 0.6) is 5.75 Å². The highest BCUT2D eigenvalue weighted by atomic mass is 16.5. The molecule has 0 bridgehead atoms. The van der Waals surface area contributed by atoms with E-state index >= 15 is 0 Å². The zero-order chi connectivity index (χ0) is 15.4. The Morgan fingerprint density at radius 3 is 2.90 bits per heavy atom. The molecule has 2 rings (SSSR count). The van der Waals surface area contributed by atoms with Gasteiger partial charge < -0.3 is 14.7 Å². The normalized spacial score (nSPS) is 13.1. The minimum Gasteiger partial charge on any atom is -0.489 e. The smallest absolute Gasteiger partial charge is 0.339 e. The van der Waals surface area contributed by atoms with Gasteiger partial charge in [-0.15, -0.1) is 6.58 Å². The van der Waals surface area contributed by atoms with Crippen LogP contribution in [0.25, 0.3) is 0 Å². The van der Waals surface area contributed by atoms with Crippen LogP contribution in [0.3, 0.4) is 0 Å². The van der Waals surface area contributed by atoms with Crippen molar-refractivity contribution >= 4 is 17.7 Å². The van der Waals surface area contributed by atoms with Gasteiger partial charge in [0.25, 0.3) is 0 Å². The number of fused-ring (bicyclic) bond motifs is 1. The molecule has 6 heteroatoms. The zero-order valence-corrected chi connectivity index (χ0v) is 11.9. The molecular formula is C15H18N2O4. The van der Waals surface area contributed by atoms with Crippen LogP contribution < -0.4 is 9.64 Å². The van der Waals surface area contributed by atoms with Gasteiger partial charge in [-0.25, -0.2) is 9.59 Å². The second-order valence-electron chi connectivity index (χ2n) is 4.57. The average Bonchev–Trinajstić information content (AvgIpc) is 2.50. The van der Waals surface area contributed by atoms with Gasteiger partial charge in [0, 0.05) is 13.1 Å². The molecule has 1 heterocycles. The minimum atomic E-state index is -1.07. The lowest BCUT2D eigenvalue weighted by Crippen LogP contribution is -2.47. The van der Waals surface area contributed by atoms with Gasteiger partial charge in [-0.2, -0.15) is 0 Å². The number of aromatic carboxylic acids is 1. The Morgan fingerprint density at radius 1 is 1.52 bits per heavy atom. The van der Waals surface area contributed by atoms with Crippen LogP contribution in [-0.2, 0) is 0 Å². The lowest BCUT2D eigenvalue weighted by Gasteiger charge is -2.33. The van der Waals surface area contributed by atoms with Gasteiger partial charge in [-0.3, -0.25) is 4.90 Å². The lowest BCUT2D eigenvalue weighted by molar-refractivity contribution is 0.0691. The molecule has 1 aliphatic heterocycles. The van der Waals surface area contributed by atoms with Crippen LogP contribution in [0.1, 0.15) is 17.3 Å². The Morgan fingerprint density at radius 2 is 2.29 bits per heavy atom. The van der Waals surface area contributed by atoms with Crippen molar-refractivity contribution in [2.45, 2.75) is 6.92 Å². The van der Waals surface area contributed by atoms with Crippen molar-refractivity contribution in [1.29, 1.82) is 0 Å². The number of amides is 2. The molecule has 0 aromatic heterocycles. The number of rotatable bonds is 4. The fraction of sp³-hybridized carbons (Fsp3) is 0.333. The summed E-state index contributed by atoms with van der Waals surface area (Å²) in [5.41, 5.74) is 0.561. The molecule has 0 radical (unpaired) electrons. The summed E-state index contributed by atoms with van der Waals surface area (Å²) < 4.78 is 5.46. The van der Waals surface area contributed by atoms with Crippen molar-refractivity contribution in [1.82, 2.24) is 4.90 Å². The highest BCUT2D eigenvalue weighted by Crippen LogP contribution is 2.35. The van der Waals surface area contributed by atoms with Gasteiger partial charge in [0.15, 0.2) is 5.75 Å². The molecule has 0 fully saturated rings. The maximum atomic E-state index is 12.6. The predicted octanol–water partition coefficient (Wildman–Crippen LogP) is 2.21. The standard InChI is InChI=1S/C15H18N2O4/c1-3-8-16(4-2)15(20)17-9-10-21-13-11(14(18)19)6-5-7-12(13)17/h3,5-7H,1,4,8-10H2,2H3,(H,18,19). The van der Waals surface area contributed by atoms with Crippen molar-refractivity contribution in [2.24, 2.45) is 0 Å². The minimum absolute atomic E-state index is 0.0665. The molecule has 21 heavy (non-hydrogen) atoms. The van der Waals surface area contributed by atoms with Crippen molar-refractivity contribution in [3.05, 3.63) is 36.4 Å². The lowest BCUT2D eigenvalue weighted by atomic mass is 10.1. The van der Waals surface area contributed by atoms with E-state index in [0.717, 1.165) is 0 Å². The largest absolute Gasteiger partial charge is 0.489 e. The third-order valence-electron chi connectivity index (χ3n) is 3.31. The second kappa shape index (κ2) is 6.30. The number of carboxylic acids is 1. The summed E-state index contributed by atoms with van der Waals surface area (Å²) in [6.07, 6.45) is 1.66. The molecule has 1 aromatic rings. The number of carbonyl (C=O) groups is 2. The van der Waals surface area contributed by atoms with Gasteiger partial charge in [0.1, 0.15) is 12.2 Å². The van der Waals surface area contributed by atoms with Crippen molar-refractivity contribution in [3.8, 4) is 5.75 Å². The number of urea groups is 1. The van der Waals surface area contributed by atoms with Crippen molar-refractivity contribution in [3.63, 3.8) is 0 Å². The number of ether oxygens (including phenoxy) is 1. The summed E-state index contributed by atoms with van der Waals surface area (Å²) in [6, 6.07) is 4.60. The summed E-state index contributed by atoms with van der Waals surface area (Å²) in [6.45, 7) is 7.19. The SMILES string of the molecule is C=CCN(CC)C(=O)N1CCOc2c(C(=O)O)cccc21. The number of para-hydroxylation sites is 1.